The molecular weight excluding hydrogens is 415 g/mol. The van der Waals surface area contributed by atoms with Crippen LogP contribution in [0, 0.1) is 0 Å². The number of benzene rings is 1. The predicted molar refractivity (Wildman–Crippen MR) is 104 cm³/mol. The van der Waals surface area contributed by atoms with E-state index in [4.69, 9.17) is 23.2 Å². The molecule has 136 valence electrons. The van der Waals surface area contributed by atoms with Crippen LogP contribution in [0.5, 0.6) is 0 Å². The number of nitrogens with zero attached hydrogens (tertiary/aromatic N) is 5. The number of thiazole rings is 1. The Balaban J connectivity index is 1.50. The van der Waals surface area contributed by atoms with Gasteiger partial charge in [0.15, 0.2) is 5.13 Å². The highest BCUT2D eigenvalue weighted by Crippen LogP contribution is 2.27. The highest BCUT2D eigenvalue weighted by molar-refractivity contribution is 7.99. The van der Waals surface area contributed by atoms with E-state index in [1.54, 1.807) is 30.1 Å². The zero-order chi connectivity index (χ0) is 18.5. The molecule has 3 aromatic rings. The van der Waals surface area contributed by atoms with Gasteiger partial charge in [0.05, 0.1) is 0 Å². The number of aromatic nitrogens is 5. The highest BCUT2D eigenvalue weighted by atomic mass is 35.5. The van der Waals surface area contributed by atoms with Crippen LogP contribution in [0.3, 0.4) is 0 Å². The van der Waals surface area contributed by atoms with Crippen LogP contribution in [0.25, 0.3) is 0 Å². The lowest BCUT2D eigenvalue weighted by atomic mass is 10.1. The molecule has 2 heterocycles. The smallest absolute Gasteiger partial charge is 0.226 e. The topological polar surface area (TPSA) is 85.6 Å². The van der Waals surface area contributed by atoms with E-state index in [-0.39, 0.29) is 5.91 Å². The molecule has 0 atom stereocenters. The van der Waals surface area contributed by atoms with Gasteiger partial charge in [0.25, 0.3) is 0 Å². The molecular formula is C15H14Cl2N6OS2. The Morgan fingerprint density at radius 1 is 1.38 bits per heavy atom. The Bertz CT molecular complexity index is 913. The molecule has 11 heteroatoms. The molecule has 2 aromatic heterocycles. The van der Waals surface area contributed by atoms with Crippen molar-refractivity contribution >= 4 is 57.3 Å². The maximum atomic E-state index is 12.0. The summed E-state index contributed by atoms with van der Waals surface area (Å²) in [6.45, 7) is 0. The summed E-state index contributed by atoms with van der Waals surface area (Å²) >= 11 is 15.0. The summed E-state index contributed by atoms with van der Waals surface area (Å²) in [7, 11) is 1.76. The van der Waals surface area contributed by atoms with Crippen molar-refractivity contribution in [3.63, 3.8) is 0 Å². The van der Waals surface area contributed by atoms with Crippen molar-refractivity contribution in [1.29, 1.82) is 0 Å². The van der Waals surface area contributed by atoms with Gasteiger partial charge in [-0.1, -0.05) is 35.0 Å². The number of tetrazole rings is 1. The van der Waals surface area contributed by atoms with Crippen LogP contribution in [0.2, 0.25) is 10.0 Å². The molecule has 0 radical (unpaired) electrons. The van der Waals surface area contributed by atoms with Crippen molar-refractivity contribution in [3.8, 4) is 0 Å². The standard InChI is InChI=1S/C15H14Cl2N6OS2/c1-23-15(20-21-22-23)25-5-4-13(24)19-14-18-8-11(26-14)7-9-6-10(16)2-3-12(9)17/h2-3,6,8H,4-5,7H2,1H3,(H,18,19,24). The molecule has 1 N–H and O–H groups in total. The largest absolute Gasteiger partial charge is 0.302 e. The minimum atomic E-state index is -0.102. The van der Waals surface area contributed by atoms with Gasteiger partial charge in [0.2, 0.25) is 11.1 Å². The SMILES string of the molecule is Cn1nnnc1SCCC(=O)Nc1ncc(Cc2cc(Cl)ccc2Cl)s1. The van der Waals surface area contributed by atoms with E-state index in [1.807, 2.05) is 6.07 Å². The first-order valence-corrected chi connectivity index (χ1v) is 10.1. The Hall–Kier alpha value is -1.68. The van der Waals surface area contributed by atoms with Gasteiger partial charge in [0.1, 0.15) is 0 Å². The second-order valence-corrected chi connectivity index (χ2v) is 8.30. The molecule has 0 bridgehead atoms. The first-order chi connectivity index (χ1) is 12.5. The fraction of sp³-hybridized carbons (Fsp3) is 0.267. The Morgan fingerprint density at radius 2 is 2.23 bits per heavy atom. The van der Waals surface area contributed by atoms with E-state index < -0.39 is 0 Å². The summed E-state index contributed by atoms with van der Waals surface area (Å²) in [6, 6.07) is 5.36. The first-order valence-electron chi connectivity index (χ1n) is 7.55. The third-order valence-corrected chi connectivity index (χ3v) is 5.84. The van der Waals surface area contributed by atoms with Gasteiger partial charge in [-0.2, -0.15) is 0 Å². The first kappa shape index (κ1) is 19.1. The Morgan fingerprint density at radius 3 is 3.00 bits per heavy atom. The zero-order valence-electron chi connectivity index (χ0n) is 13.6. The number of thioether (sulfide) groups is 1. The summed E-state index contributed by atoms with van der Waals surface area (Å²) < 4.78 is 1.57. The van der Waals surface area contributed by atoms with Crippen molar-refractivity contribution in [2.75, 3.05) is 11.1 Å². The fourth-order valence-corrected chi connectivity index (χ4v) is 4.09. The van der Waals surface area contributed by atoms with Crippen LogP contribution < -0.4 is 5.32 Å². The van der Waals surface area contributed by atoms with E-state index in [9.17, 15) is 4.79 Å². The minimum absolute atomic E-state index is 0.102. The number of hydrogen-bond donors (Lipinski definition) is 1. The predicted octanol–water partition coefficient (Wildman–Crippen LogP) is 3.69. The maximum absolute atomic E-state index is 12.0. The fourth-order valence-electron chi connectivity index (χ4n) is 2.07. The van der Waals surface area contributed by atoms with Crippen LogP contribution in [0.1, 0.15) is 16.9 Å². The van der Waals surface area contributed by atoms with E-state index in [0.29, 0.717) is 38.9 Å². The number of aryl methyl sites for hydroxylation is 1. The van der Waals surface area contributed by atoms with Crippen molar-refractivity contribution in [3.05, 3.63) is 44.9 Å². The van der Waals surface area contributed by atoms with E-state index >= 15 is 0 Å². The second kappa shape index (κ2) is 8.81. The van der Waals surface area contributed by atoms with E-state index in [1.165, 1.54) is 23.1 Å². The molecule has 0 unspecified atom stereocenters. The number of hydrogen-bond acceptors (Lipinski definition) is 7. The molecule has 3 rings (SSSR count). The van der Waals surface area contributed by atoms with Crippen molar-refractivity contribution < 1.29 is 4.79 Å². The average molecular weight is 429 g/mol. The molecule has 0 aliphatic rings. The van der Waals surface area contributed by atoms with Crippen molar-refractivity contribution in [2.45, 2.75) is 18.0 Å². The zero-order valence-corrected chi connectivity index (χ0v) is 16.8. The Kier molecular flexibility index (Phi) is 6.47. The van der Waals surface area contributed by atoms with Crippen LogP contribution in [0.4, 0.5) is 5.13 Å². The van der Waals surface area contributed by atoms with Crippen molar-refractivity contribution in [1.82, 2.24) is 25.2 Å². The lowest BCUT2D eigenvalue weighted by Gasteiger charge is -2.03. The molecule has 0 saturated heterocycles. The molecule has 0 saturated carbocycles. The van der Waals surface area contributed by atoms with Crippen LogP contribution in [0.15, 0.2) is 29.6 Å². The third-order valence-electron chi connectivity index (χ3n) is 3.31. The van der Waals surface area contributed by atoms with Gasteiger partial charge in [-0.05, 0) is 34.2 Å². The maximum Gasteiger partial charge on any atom is 0.226 e. The van der Waals surface area contributed by atoms with Crippen LogP contribution in [-0.4, -0.2) is 36.9 Å². The molecule has 0 fully saturated rings. The number of carbonyl (C=O) groups excluding carboxylic acids is 1. The molecule has 1 amide bonds. The average Bonchev–Trinajstić information content (AvgIpc) is 3.20. The highest BCUT2D eigenvalue weighted by Gasteiger charge is 2.10. The monoisotopic (exact) mass is 428 g/mol. The number of anilines is 1. The Labute approximate surface area is 168 Å². The van der Waals surface area contributed by atoms with E-state index in [2.05, 4.69) is 25.8 Å². The van der Waals surface area contributed by atoms with Crippen LogP contribution in [-0.2, 0) is 18.3 Å². The molecule has 1 aromatic carbocycles. The number of halogens is 2. The molecule has 0 aliphatic carbocycles. The minimum Gasteiger partial charge on any atom is -0.302 e. The van der Waals surface area contributed by atoms with Gasteiger partial charge in [-0.15, -0.1) is 16.4 Å². The number of amides is 1. The van der Waals surface area contributed by atoms with Crippen LogP contribution >= 0.6 is 46.3 Å². The number of carbonyl (C=O) groups is 1. The lowest BCUT2D eigenvalue weighted by molar-refractivity contribution is -0.115. The summed E-state index contributed by atoms with van der Waals surface area (Å²) in [6.07, 6.45) is 2.69. The molecule has 0 aliphatic heterocycles. The number of nitrogens with one attached hydrogen (secondary N) is 1. The summed E-state index contributed by atoms with van der Waals surface area (Å²) in [4.78, 5) is 17.3. The number of rotatable bonds is 7. The van der Waals surface area contributed by atoms with Gasteiger partial charge in [0, 0.05) is 46.8 Å². The summed E-state index contributed by atoms with van der Waals surface area (Å²) in [5, 5.41) is 16.5. The normalized spacial score (nSPS) is 10.9. The molecule has 0 spiro atoms. The van der Waals surface area contributed by atoms with Gasteiger partial charge in [-0.3, -0.25) is 4.79 Å². The summed E-state index contributed by atoms with van der Waals surface area (Å²) in [5.74, 6) is 0.477. The van der Waals surface area contributed by atoms with Gasteiger partial charge >= 0.3 is 0 Å². The molecule has 7 nitrogen and oxygen atoms in total. The quantitative estimate of drug-likeness (QED) is 0.577. The second-order valence-electron chi connectivity index (χ2n) is 5.28. The van der Waals surface area contributed by atoms with Gasteiger partial charge in [-0.25, -0.2) is 9.67 Å². The van der Waals surface area contributed by atoms with Crippen molar-refractivity contribution in [2.24, 2.45) is 7.05 Å². The summed E-state index contributed by atoms with van der Waals surface area (Å²) in [5.41, 5.74) is 0.925. The third kappa shape index (κ3) is 5.16. The molecule has 26 heavy (non-hydrogen) atoms. The van der Waals surface area contributed by atoms with E-state index in [0.717, 1.165) is 10.4 Å². The lowest BCUT2D eigenvalue weighted by Crippen LogP contribution is -2.12. The van der Waals surface area contributed by atoms with Gasteiger partial charge < -0.3 is 5.32 Å².